The summed E-state index contributed by atoms with van der Waals surface area (Å²) in [5, 5.41) is 11.5. The third-order valence-corrected chi connectivity index (χ3v) is 3.08. The van der Waals surface area contributed by atoms with Gasteiger partial charge >= 0.3 is 0 Å². The van der Waals surface area contributed by atoms with Gasteiger partial charge in [0.05, 0.1) is 5.56 Å². The van der Waals surface area contributed by atoms with Crippen LogP contribution in [0.4, 0.5) is 4.39 Å². The Bertz CT molecular complexity index is 543. The van der Waals surface area contributed by atoms with Crippen LogP contribution >= 0.6 is 0 Å². The molecule has 3 nitrogen and oxygen atoms in total. The van der Waals surface area contributed by atoms with Gasteiger partial charge in [-0.25, -0.2) is 4.39 Å². The fourth-order valence-corrected chi connectivity index (χ4v) is 1.88. The fourth-order valence-electron chi connectivity index (χ4n) is 1.88. The molecule has 1 atom stereocenters. The minimum absolute atomic E-state index is 0.00789. The quantitative estimate of drug-likeness (QED) is 0.820. The first-order valence-corrected chi connectivity index (χ1v) is 7.14. The van der Waals surface area contributed by atoms with E-state index in [9.17, 15) is 9.18 Å². The number of carbonyl (C=O) groups is 1. The van der Waals surface area contributed by atoms with Crippen LogP contribution in [0.5, 0.6) is 0 Å². The van der Waals surface area contributed by atoms with Gasteiger partial charge in [-0.3, -0.25) is 4.79 Å². The molecule has 0 fully saturated rings. The number of halogens is 1. The molecular weight excluding hydrogens is 269 g/mol. The van der Waals surface area contributed by atoms with Gasteiger partial charge in [-0.1, -0.05) is 25.7 Å². The van der Waals surface area contributed by atoms with E-state index in [1.807, 2.05) is 6.92 Å². The van der Waals surface area contributed by atoms with Crippen molar-refractivity contribution >= 4 is 5.91 Å². The van der Waals surface area contributed by atoms with E-state index < -0.39 is 11.7 Å². The van der Waals surface area contributed by atoms with Gasteiger partial charge in [-0.05, 0) is 43.9 Å². The molecular formula is C17H22FNO2. The highest BCUT2D eigenvalue weighted by molar-refractivity contribution is 5.95. The van der Waals surface area contributed by atoms with Crippen molar-refractivity contribution in [2.24, 2.45) is 5.92 Å². The number of hydrogen-bond donors (Lipinski definition) is 2. The topological polar surface area (TPSA) is 49.3 Å². The van der Waals surface area contributed by atoms with E-state index in [0.717, 1.165) is 12.8 Å². The molecule has 0 aliphatic heterocycles. The zero-order valence-corrected chi connectivity index (χ0v) is 12.7. The van der Waals surface area contributed by atoms with Crippen LogP contribution in [0.25, 0.3) is 0 Å². The molecule has 1 amide bonds. The van der Waals surface area contributed by atoms with E-state index in [1.54, 1.807) is 0 Å². The summed E-state index contributed by atoms with van der Waals surface area (Å²) in [6, 6.07) is 4.10. The fraction of sp³-hybridized carbons (Fsp3) is 0.471. The molecule has 0 bridgehead atoms. The van der Waals surface area contributed by atoms with Gasteiger partial charge in [0.1, 0.15) is 12.4 Å². The molecule has 114 valence electrons. The second kappa shape index (κ2) is 8.43. The second-order valence-corrected chi connectivity index (χ2v) is 5.50. The minimum atomic E-state index is -0.571. The lowest BCUT2D eigenvalue weighted by Gasteiger charge is -2.15. The van der Waals surface area contributed by atoms with Gasteiger partial charge in [0.2, 0.25) is 0 Å². The van der Waals surface area contributed by atoms with Gasteiger partial charge in [-0.2, -0.15) is 0 Å². The molecule has 0 radical (unpaired) electrons. The van der Waals surface area contributed by atoms with E-state index >= 15 is 0 Å². The average Bonchev–Trinajstić information content (AvgIpc) is 2.44. The molecule has 0 saturated heterocycles. The molecule has 4 heteroatoms. The largest absolute Gasteiger partial charge is 0.384 e. The molecule has 1 unspecified atom stereocenters. The number of hydrogen-bond acceptors (Lipinski definition) is 2. The van der Waals surface area contributed by atoms with Crippen LogP contribution < -0.4 is 5.32 Å². The lowest BCUT2D eigenvalue weighted by atomic mass is 10.0. The summed E-state index contributed by atoms with van der Waals surface area (Å²) in [5.74, 6) is 4.70. The summed E-state index contributed by atoms with van der Waals surface area (Å²) >= 11 is 0. The van der Waals surface area contributed by atoms with Gasteiger partial charge in [-0.15, -0.1) is 0 Å². The lowest BCUT2D eigenvalue weighted by molar-refractivity contribution is 0.0933. The molecule has 1 aromatic rings. The monoisotopic (exact) mass is 291 g/mol. The molecule has 0 heterocycles. The van der Waals surface area contributed by atoms with Crippen LogP contribution in [-0.2, 0) is 0 Å². The molecule has 1 rings (SSSR count). The number of carbonyl (C=O) groups excluding carboxylic acids is 1. The molecule has 0 aliphatic rings. The molecule has 2 N–H and O–H groups in total. The Hall–Kier alpha value is -1.86. The van der Waals surface area contributed by atoms with Crippen LogP contribution in [0.1, 0.15) is 49.5 Å². The first-order chi connectivity index (χ1) is 9.93. The smallest absolute Gasteiger partial charge is 0.254 e. The van der Waals surface area contributed by atoms with Crippen molar-refractivity contribution in [2.45, 2.75) is 39.7 Å². The Morgan fingerprint density at radius 3 is 2.67 bits per heavy atom. The summed E-state index contributed by atoms with van der Waals surface area (Å²) in [7, 11) is 0. The maximum Gasteiger partial charge on any atom is 0.254 e. The maximum absolute atomic E-state index is 13.7. The Morgan fingerprint density at radius 1 is 1.33 bits per heavy atom. The molecule has 0 aromatic heterocycles. The van der Waals surface area contributed by atoms with Crippen LogP contribution in [0.3, 0.4) is 0 Å². The Labute approximate surface area is 125 Å². The SMILES string of the molecule is CC(C)CCC(C)NC(=O)c1cc(C#CCO)ccc1F. The minimum Gasteiger partial charge on any atom is -0.384 e. The Balaban J connectivity index is 2.77. The van der Waals surface area contributed by atoms with Crippen molar-refractivity contribution in [1.29, 1.82) is 0 Å². The highest BCUT2D eigenvalue weighted by atomic mass is 19.1. The van der Waals surface area contributed by atoms with Crippen molar-refractivity contribution in [3.8, 4) is 11.8 Å². The molecule has 21 heavy (non-hydrogen) atoms. The summed E-state index contributed by atoms with van der Waals surface area (Å²) in [5.41, 5.74) is 0.488. The average molecular weight is 291 g/mol. The van der Waals surface area contributed by atoms with Crippen LogP contribution in [0.2, 0.25) is 0 Å². The standard InChI is InChI=1S/C17H22FNO2/c1-12(2)6-7-13(3)19-17(21)15-11-14(5-4-10-20)8-9-16(15)18/h8-9,11-13,20H,6-7,10H2,1-3H3,(H,19,21). The number of aliphatic hydroxyl groups excluding tert-OH is 1. The number of rotatable bonds is 5. The highest BCUT2D eigenvalue weighted by Crippen LogP contribution is 2.12. The van der Waals surface area contributed by atoms with Gasteiger partial charge in [0, 0.05) is 11.6 Å². The van der Waals surface area contributed by atoms with Crippen molar-refractivity contribution in [1.82, 2.24) is 5.32 Å². The van der Waals surface area contributed by atoms with Gasteiger partial charge in [0.15, 0.2) is 0 Å². The van der Waals surface area contributed by atoms with Crippen LogP contribution in [0.15, 0.2) is 18.2 Å². The van der Waals surface area contributed by atoms with Gasteiger partial charge < -0.3 is 10.4 Å². The predicted octanol–water partition coefficient (Wildman–Crippen LogP) is 2.72. The number of amides is 1. The molecule has 0 saturated carbocycles. The number of nitrogens with one attached hydrogen (secondary N) is 1. The van der Waals surface area contributed by atoms with Crippen LogP contribution in [0, 0.1) is 23.6 Å². The summed E-state index contributed by atoms with van der Waals surface area (Å²) in [4.78, 5) is 12.1. The predicted molar refractivity (Wildman–Crippen MR) is 81.4 cm³/mol. The van der Waals surface area contributed by atoms with Crippen LogP contribution in [-0.4, -0.2) is 23.7 Å². The van der Waals surface area contributed by atoms with E-state index in [0.29, 0.717) is 11.5 Å². The summed E-state index contributed by atoms with van der Waals surface area (Å²) in [6.07, 6.45) is 1.86. The van der Waals surface area contributed by atoms with E-state index in [4.69, 9.17) is 5.11 Å². The molecule has 0 aliphatic carbocycles. The lowest BCUT2D eigenvalue weighted by Crippen LogP contribution is -2.33. The molecule has 0 spiro atoms. The zero-order valence-electron chi connectivity index (χ0n) is 12.7. The van der Waals surface area contributed by atoms with Gasteiger partial charge in [0.25, 0.3) is 5.91 Å². The first-order valence-electron chi connectivity index (χ1n) is 7.14. The third kappa shape index (κ3) is 5.97. The third-order valence-electron chi connectivity index (χ3n) is 3.08. The summed E-state index contributed by atoms with van der Waals surface area (Å²) < 4.78 is 13.7. The van der Waals surface area contributed by atoms with Crippen molar-refractivity contribution in [3.05, 3.63) is 35.1 Å². The Kier molecular flexibility index (Phi) is 6.90. The maximum atomic E-state index is 13.7. The number of benzene rings is 1. The van der Waals surface area contributed by atoms with E-state index in [2.05, 4.69) is 31.0 Å². The van der Waals surface area contributed by atoms with E-state index in [1.165, 1.54) is 18.2 Å². The number of aliphatic hydroxyl groups is 1. The second-order valence-electron chi connectivity index (χ2n) is 5.50. The van der Waals surface area contributed by atoms with Crippen molar-refractivity contribution in [3.63, 3.8) is 0 Å². The first kappa shape index (κ1) is 17.2. The molecule has 1 aromatic carbocycles. The summed E-state index contributed by atoms with van der Waals surface area (Å²) in [6.45, 7) is 5.88. The van der Waals surface area contributed by atoms with Crippen molar-refractivity contribution in [2.75, 3.05) is 6.61 Å². The normalized spacial score (nSPS) is 11.7. The van der Waals surface area contributed by atoms with E-state index in [-0.39, 0.29) is 18.2 Å². The Morgan fingerprint density at radius 2 is 2.05 bits per heavy atom. The van der Waals surface area contributed by atoms with Crippen molar-refractivity contribution < 1.29 is 14.3 Å². The highest BCUT2D eigenvalue weighted by Gasteiger charge is 2.14. The zero-order chi connectivity index (χ0) is 15.8.